The van der Waals surface area contributed by atoms with Gasteiger partial charge in [0.25, 0.3) is 0 Å². The topological polar surface area (TPSA) is 0 Å². The summed E-state index contributed by atoms with van der Waals surface area (Å²) in [6.07, 6.45) is 7.82. The first-order valence-electron chi connectivity index (χ1n) is 6.87. The van der Waals surface area contributed by atoms with Crippen LogP contribution < -0.4 is 0 Å². The summed E-state index contributed by atoms with van der Waals surface area (Å²) >= 11 is 0. The minimum atomic E-state index is 0.227. The third kappa shape index (κ3) is 3.18. The van der Waals surface area contributed by atoms with Crippen molar-refractivity contribution < 1.29 is 0 Å². The van der Waals surface area contributed by atoms with Crippen LogP contribution in [0.1, 0.15) is 39.7 Å². The van der Waals surface area contributed by atoms with Gasteiger partial charge in [0.15, 0.2) is 0 Å². The zero-order valence-electron chi connectivity index (χ0n) is 12.3. The Kier molecular flexibility index (Phi) is 3.67. The van der Waals surface area contributed by atoms with Crippen LogP contribution in [0.2, 0.25) is 0 Å². The van der Waals surface area contributed by atoms with Gasteiger partial charge in [0, 0.05) is 11.1 Å². The van der Waals surface area contributed by atoms with Crippen LogP contribution >= 0.6 is 0 Å². The second-order valence-corrected chi connectivity index (χ2v) is 6.48. The van der Waals surface area contributed by atoms with Crippen LogP contribution in [-0.2, 0) is 0 Å². The van der Waals surface area contributed by atoms with Gasteiger partial charge in [-0.2, -0.15) is 0 Å². The summed E-state index contributed by atoms with van der Waals surface area (Å²) in [5.74, 6) is 6.46. The molecule has 0 amide bonds. The van der Waals surface area contributed by atoms with Gasteiger partial charge in [0.05, 0.1) is 0 Å². The van der Waals surface area contributed by atoms with Gasteiger partial charge in [0.1, 0.15) is 0 Å². The molecule has 1 aliphatic carbocycles. The normalized spacial score (nSPS) is 22.4. The SMILES string of the molecule is CC(C)(C)C1(C)C=CC(C#Cc2ccccc2)=CC1. The molecule has 0 aliphatic heterocycles. The van der Waals surface area contributed by atoms with E-state index in [1.54, 1.807) is 0 Å². The highest BCUT2D eigenvalue weighted by molar-refractivity contribution is 5.46. The smallest absolute Gasteiger partial charge is 0.0249 e. The minimum absolute atomic E-state index is 0.227. The molecule has 0 heteroatoms. The fourth-order valence-corrected chi connectivity index (χ4v) is 2.05. The highest BCUT2D eigenvalue weighted by atomic mass is 14.4. The summed E-state index contributed by atoms with van der Waals surface area (Å²) in [5, 5.41) is 0. The molecule has 1 aromatic rings. The first-order valence-corrected chi connectivity index (χ1v) is 6.87. The zero-order valence-corrected chi connectivity index (χ0v) is 12.3. The van der Waals surface area contributed by atoms with Crippen LogP contribution in [0, 0.1) is 22.7 Å². The summed E-state index contributed by atoms with van der Waals surface area (Å²) in [4.78, 5) is 0. The fraction of sp³-hybridized carbons (Fsp3) is 0.368. The zero-order chi connectivity index (χ0) is 13.9. The Balaban J connectivity index is 2.12. The van der Waals surface area contributed by atoms with Crippen molar-refractivity contribution in [3.8, 4) is 11.8 Å². The molecule has 0 bridgehead atoms. The lowest BCUT2D eigenvalue weighted by molar-refractivity contribution is 0.170. The lowest BCUT2D eigenvalue weighted by Gasteiger charge is -2.40. The Hall–Kier alpha value is -1.74. The summed E-state index contributed by atoms with van der Waals surface area (Å²) in [6, 6.07) is 10.1. The van der Waals surface area contributed by atoms with E-state index in [0.29, 0.717) is 0 Å². The van der Waals surface area contributed by atoms with Crippen molar-refractivity contribution in [1.29, 1.82) is 0 Å². The Morgan fingerprint density at radius 2 is 1.74 bits per heavy atom. The Morgan fingerprint density at radius 3 is 2.26 bits per heavy atom. The number of benzene rings is 1. The molecule has 0 radical (unpaired) electrons. The van der Waals surface area contributed by atoms with E-state index < -0.39 is 0 Å². The Morgan fingerprint density at radius 1 is 1.05 bits per heavy atom. The molecular weight excluding hydrogens is 228 g/mol. The second kappa shape index (κ2) is 5.10. The number of hydrogen-bond donors (Lipinski definition) is 0. The lowest BCUT2D eigenvalue weighted by Crippen LogP contribution is -2.31. The Bertz CT molecular complexity index is 556. The number of hydrogen-bond acceptors (Lipinski definition) is 0. The van der Waals surface area contributed by atoms with E-state index in [1.807, 2.05) is 30.3 Å². The largest absolute Gasteiger partial charge is 0.0765 e. The summed E-state index contributed by atoms with van der Waals surface area (Å²) in [7, 11) is 0. The molecular formula is C19H22. The molecule has 1 aliphatic rings. The van der Waals surface area contributed by atoms with Crippen molar-refractivity contribution >= 4 is 0 Å². The number of allylic oxidation sites excluding steroid dienone is 4. The first-order chi connectivity index (χ1) is 8.91. The summed E-state index contributed by atoms with van der Waals surface area (Å²) < 4.78 is 0. The van der Waals surface area contributed by atoms with Crippen molar-refractivity contribution in [2.75, 3.05) is 0 Å². The van der Waals surface area contributed by atoms with E-state index in [1.165, 1.54) is 0 Å². The van der Waals surface area contributed by atoms with Crippen molar-refractivity contribution in [2.45, 2.75) is 34.1 Å². The Labute approximate surface area is 117 Å². The molecule has 0 saturated heterocycles. The van der Waals surface area contributed by atoms with Crippen molar-refractivity contribution in [2.24, 2.45) is 10.8 Å². The maximum Gasteiger partial charge on any atom is 0.0249 e. The van der Waals surface area contributed by atoms with E-state index in [-0.39, 0.29) is 10.8 Å². The van der Waals surface area contributed by atoms with E-state index in [2.05, 4.69) is 57.8 Å². The molecule has 1 unspecified atom stereocenters. The quantitative estimate of drug-likeness (QED) is 0.570. The van der Waals surface area contributed by atoms with Gasteiger partial charge in [-0.1, -0.05) is 76.0 Å². The van der Waals surface area contributed by atoms with E-state index in [0.717, 1.165) is 17.6 Å². The highest BCUT2D eigenvalue weighted by Gasteiger charge is 2.35. The van der Waals surface area contributed by atoms with Gasteiger partial charge >= 0.3 is 0 Å². The average Bonchev–Trinajstić information content (AvgIpc) is 2.38. The third-order valence-corrected chi connectivity index (χ3v) is 4.22. The predicted molar refractivity (Wildman–Crippen MR) is 82.7 cm³/mol. The second-order valence-electron chi connectivity index (χ2n) is 6.48. The predicted octanol–water partition coefficient (Wildman–Crippen LogP) is 4.98. The maximum atomic E-state index is 3.25. The monoisotopic (exact) mass is 250 g/mol. The minimum Gasteiger partial charge on any atom is -0.0765 e. The molecule has 0 heterocycles. The molecule has 2 rings (SSSR count). The van der Waals surface area contributed by atoms with Crippen molar-refractivity contribution in [3.63, 3.8) is 0 Å². The molecule has 1 aromatic carbocycles. The van der Waals surface area contributed by atoms with Crippen LogP contribution in [0.5, 0.6) is 0 Å². The van der Waals surface area contributed by atoms with Crippen LogP contribution in [0.25, 0.3) is 0 Å². The standard InChI is InChI=1S/C19H22/c1-18(2,3)19(4)14-12-17(13-15-19)11-10-16-8-6-5-7-9-16/h5-9,12-14H,15H2,1-4H3. The van der Waals surface area contributed by atoms with Gasteiger partial charge in [0.2, 0.25) is 0 Å². The van der Waals surface area contributed by atoms with E-state index in [9.17, 15) is 0 Å². The highest BCUT2D eigenvalue weighted by Crippen LogP contribution is 2.44. The fourth-order valence-electron chi connectivity index (χ4n) is 2.05. The number of rotatable bonds is 0. The molecule has 19 heavy (non-hydrogen) atoms. The average molecular weight is 250 g/mol. The lowest BCUT2D eigenvalue weighted by atomic mass is 9.64. The van der Waals surface area contributed by atoms with E-state index in [4.69, 9.17) is 0 Å². The molecule has 0 fully saturated rings. The van der Waals surface area contributed by atoms with Crippen molar-refractivity contribution in [3.05, 3.63) is 59.7 Å². The van der Waals surface area contributed by atoms with Crippen molar-refractivity contribution in [1.82, 2.24) is 0 Å². The van der Waals surface area contributed by atoms with Gasteiger partial charge in [-0.3, -0.25) is 0 Å². The summed E-state index contributed by atoms with van der Waals surface area (Å²) in [5.41, 5.74) is 2.70. The first kappa shape index (κ1) is 13.7. The van der Waals surface area contributed by atoms with Gasteiger partial charge in [-0.15, -0.1) is 0 Å². The van der Waals surface area contributed by atoms with Crippen LogP contribution in [-0.4, -0.2) is 0 Å². The van der Waals surface area contributed by atoms with Crippen LogP contribution in [0.3, 0.4) is 0 Å². The molecule has 0 aromatic heterocycles. The molecule has 0 saturated carbocycles. The van der Waals surface area contributed by atoms with Gasteiger partial charge < -0.3 is 0 Å². The maximum absolute atomic E-state index is 3.25. The summed E-state index contributed by atoms with van der Waals surface area (Å²) in [6.45, 7) is 9.21. The molecule has 0 nitrogen and oxygen atoms in total. The van der Waals surface area contributed by atoms with Gasteiger partial charge in [-0.25, -0.2) is 0 Å². The third-order valence-electron chi connectivity index (χ3n) is 4.22. The molecule has 1 atom stereocenters. The molecule has 0 N–H and O–H groups in total. The van der Waals surface area contributed by atoms with Gasteiger partial charge in [-0.05, 0) is 29.4 Å². The molecule has 98 valence electrons. The van der Waals surface area contributed by atoms with E-state index >= 15 is 0 Å². The molecule has 0 spiro atoms. The van der Waals surface area contributed by atoms with Crippen LogP contribution in [0.15, 0.2) is 54.1 Å². The van der Waals surface area contributed by atoms with Crippen LogP contribution in [0.4, 0.5) is 0 Å².